The molecule has 0 fully saturated rings. The second-order valence-corrected chi connectivity index (χ2v) is 2.13. The molecule has 0 aliphatic rings. The maximum absolute atomic E-state index is 3.59. The van der Waals surface area contributed by atoms with Crippen molar-refractivity contribution < 1.29 is 0 Å². The fraction of sp³-hybridized carbons (Fsp3) is 0.455. The van der Waals surface area contributed by atoms with E-state index in [1.165, 1.54) is 0 Å². The molecular weight excluding hydrogens is 160 g/mol. The number of likely N-dealkylation sites (N-methyl/N-ethyl adjacent to an activating group) is 1. The average Bonchev–Trinajstić information content (AvgIpc) is 2.21. The molecule has 0 bridgehead atoms. The van der Waals surface area contributed by atoms with Gasteiger partial charge >= 0.3 is 0 Å². The minimum Gasteiger partial charge on any atom is -0.390 e. The minimum atomic E-state index is 1.08. The molecule has 0 aromatic carbocycles. The van der Waals surface area contributed by atoms with Crippen LogP contribution in [0.2, 0.25) is 0 Å². The van der Waals surface area contributed by atoms with Gasteiger partial charge in [0.05, 0.1) is 5.70 Å². The highest BCUT2D eigenvalue weighted by atomic mass is 14.9. The van der Waals surface area contributed by atoms with Gasteiger partial charge in [0.1, 0.15) is 0 Å². The highest BCUT2D eigenvalue weighted by Crippen LogP contribution is 1.97. The van der Waals surface area contributed by atoms with Gasteiger partial charge in [-0.05, 0) is 13.0 Å². The van der Waals surface area contributed by atoms with Crippen molar-refractivity contribution in [3.05, 3.63) is 36.2 Å². The van der Waals surface area contributed by atoms with Gasteiger partial charge in [-0.1, -0.05) is 32.6 Å². The van der Waals surface area contributed by atoms with E-state index in [1.54, 1.807) is 6.08 Å². The quantitative estimate of drug-likeness (QED) is 0.652. The summed E-state index contributed by atoms with van der Waals surface area (Å²) < 4.78 is 0. The Hall–Kier alpha value is -1.18. The molecule has 0 aromatic heterocycles. The first kappa shape index (κ1) is 14.3. The molecule has 2 heteroatoms. The Morgan fingerprint density at radius 1 is 1.15 bits per heavy atom. The Balaban J connectivity index is 0. The number of hydrogen-bond acceptors (Lipinski definition) is 2. The highest BCUT2D eigenvalue weighted by molar-refractivity contribution is 5.23. The largest absolute Gasteiger partial charge is 0.390 e. The molecule has 0 spiro atoms. The van der Waals surface area contributed by atoms with Crippen LogP contribution in [0.5, 0.6) is 0 Å². The molecule has 76 valence electrons. The van der Waals surface area contributed by atoms with Gasteiger partial charge in [0, 0.05) is 19.8 Å². The van der Waals surface area contributed by atoms with Gasteiger partial charge in [0.2, 0.25) is 0 Å². The fourth-order valence-electron chi connectivity index (χ4n) is 0.695. The van der Waals surface area contributed by atoms with Crippen LogP contribution in [0.25, 0.3) is 0 Å². The lowest BCUT2D eigenvalue weighted by Crippen LogP contribution is -2.13. The normalized spacial score (nSPS) is 11.2. The Labute approximate surface area is 82.4 Å². The van der Waals surface area contributed by atoms with Crippen LogP contribution < -0.4 is 10.6 Å². The molecule has 0 atom stereocenters. The van der Waals surface area contributed by atoms with Crippen molar-refractivity contribution in [1.29, 1.82) is 0 Å². The van der Waals surface area contributed by atoms with Crippen LogP contribution >= 0.6 is 0 Å². The fourth-order valence-corrected chi connectivity index (χ4v) is 0.695. The Bertz CT molecular complexity index is 179. The van der Waals surface area contributed by atoms with E-state index in [2.05, 4.69) is 17.2 Å². The SMILES string of the molecule is C=C/C=C\C(NC)=C(/C)NC.CC. The second-order valence-electron chi connectivity index (χ2n) is 2.13. The highest BCUT2D eigenvalue weighted by Gasteiger charge is 1.90. The smallest absolute Gasteiger partial charge is 0.0527 e. The zero-order valence-electron chi connectivity index (χ0n) is 9.44. The predicted molar refractivity (Wildman–Crippen MR) is 61.5 cm³/mol. The van der Waals surface area contributed by atoms with Crippen LogP contribution in [0.1, 0.15) is 20.8 Å². The van der Waals surface area contributed by atoms with Crippen molar-refractivity contribution in [1.82, 2.24) is 10.6 Å². The first-order chi connectivity index (χ1) is 6.26. The van der Waals surface area contributed by atoms with E-state index in [0.29, 0.717) is 0 Å². The van der Waals surface area contributed by atoms with Crippen molar-refractivity contribution >= 4 is 0 Å². The van der Waals surface area contributed by atoms with Crippen LogP contribution in [-0.2, 0) is 0 Å². The van der Waals surface area contributed by atoms with E-state index in [-0.39, 0.29) is 0 Å². The molecule has 0 unspecified atom stereocenters. The second kappa shape index (κ2) is 10.8. The van der Waals surface area contributed by atoms with Gasteiger partial charge < -0.3 is 10.6 Å². The lowest BCUT2D eigenvalue weighted by molar-refractivity contribution is 0.904. The number of rotatable bonds is 4. The third-order valence-electron chi connectivity index (χ3n) is 1.45. The zero-order valence-corrected chi connectivity index (χ0v) is 9.44. The molecule has 2 nitrogen and oxygen atoms in total. The Morgan fingerprint density at radius 3 is 2.00 bits per heavy atom. The van der Waals surface area contributed by atoms with Gasteiger partial charge in [-0.2, -0.15) is 0 Å². The van der Waals surface area contributed by atoms with Crippen LogP contribution in [0.3, 0.4) is 0 Å². The van der Waals surface area contributed by atoms with Gasteiger partial charge in [0.25, 0.3) is 0 Å². The monoisotopic (exact) mass is 182 g/mol. The summed E-state index contributed by atoms with van der Waals surface area (Å²) >= 11 is 0. The van der Waals surface area contributed by atoms with Gasteiger partial charge in [-0.15, -0.1) is 0 Å². The van der Waals surface area contributed by atoms with E-state index in [4.69, 9.17) is 0 Å². The van der Waals surface area contributed by atoms with Crippen LogP contribution in [-0.4, -0.2) is 14.1 Å². The van der Waals surface area contributed by atoms with E-state index in [0.717, 1.165) is 11.4 Å². The van der Waals surface area contributed by atoms with Crippen molar-refractivity contribution in [3.63, 3.8) is 0 Å². The van der Waals surface area contributed by atoms with E-state index in [1.807, 2.05) is 47.0 Å². The van der Waals surface area contributed by atoms with Gasteiger partial charge in [-0.25, -0.2) is 0 Å². The topological polar surface area (TPSA) is 24.1 Å². The molecule has 0 aliphatic heterocycles. The lowest BCUT2D eigenvalue weighted by Gasteiger charge is -2.06. The molecule has 0 amide bonds. The molecule has 0 saturated heterocycles. The molecule has 0 aromatic rings. The lowest BCUT2D eigenvalue weighted by atomic mass is 10.3. The zero-order chi connectivity index (χ0) is 10.7. The maximum Gasteiger partial charge on any atom is 0.0527 e. The molecule has 0 saturated carbocycles. The number of hydrogen-bond donors (Lipinski definition) is 2. The summed E-state index contributed by atoms with van der Waals surface area (Å²) in [6.07, 6.45) is 5.62. The van der Waals surface area contributed by atoms with Gasteiger partial charge in [0.15, 0.2) is 0 Å². The molecule has 13 heavy (non-hydrogen) atoms. The third-order valence-corrected chi connectivity index (χ3v) is 1.45. The molecule has 0 rings (SSSR count). The van der Waals surface area contributed by atoms with Crippen LogP contribution in [0, 0.1) is 0 Å². The summed E-state index contributed by atoms with van der Waals surface area (Å²) in [5, 5.41) is 6.13. The first-order valence-electron chi connectivity index (χ1n) is 4.61. The first-order valence-corrected chi connectivity index (χ1v) is 4.61. The third kappa shape index (κ3) is 7.19. The van der Waals surface area contributed by atoms with E-state index in [9.17, 15) is 0 Å². The molecule has 0 heterocycles. The number of allylic oxidation sites excluding steroid dienone is 4. The summed E-state index contributed by atoms with van der Waals surface area (Å²) in [5.74, 6) is 0. The predicted octanol–water partition coefficient (Wildman–Crippen LogP) is 2.43. The minimum absolute atomic E-state index is 1.08. The summed E-state index contributed by atoms with van der Waals surface area (Å²) in [7, 11) is 3.79. The standard InChI is InChI=1S/C9H16N2.C2H6/c1-5-6-7-9(11-4)8(2)10-3;1-2/h5-7,10-11H,1H2,2-4H3;1-2H3/b7-6-,9-8-;. The van der Waals surface area contributed by atoms with Crippen molar-refractivity contribution in [2.75, 3.05) is 14.1 Å². The molecule has 2 N–H and O–H groups in total. The van der Waals surface area contributed by atoms with Crippen molar-refractivity contribution in [2.45, 2.75) is 20.8 Å². The molecule has 0 radical (unpaired) electrons. The average molecular weight is 182 g/mol. The van der Waals surface area contributed by atoms with E-state index >= 15 is 0 Å². The summed E-state index contributed by atoms with van der Waals surface area (Å²) in [5.41, 5.74) is 2.19. The Morgan fingerprint density at radius 2 is 1.69 bits per heavy atom. The van der Waals surface area contributed by atoms with Gasteiger partial charge in [-0.3, -0.25) is 0 Å². The Kier molecular flexibility index (Phi) is 11.9. The number of nitrogens with one attached hydrogen (secondary N) is 2. The molecule has 0 aliphatic carbocycles. The summed E-state index contributed by atoms with van der Waals surface area (Å²) in [4.78, 5) is 0. The molecular formula is C11H22N2. The summed E-state index contributed by atoms with van der Waals surface area (Å²) in [6, 6.07) is 0. The summed E-state index contributed by atoms with van der Waals surface area (Å²) in [6.45, 7) is 9.61. The van der Waals surface area contributed by atoms with Crippen LogP contribution in [0.15, 0.2) is 36.2 Å². The van der Waals surface area contributed by atoms with Crippen LogP contribution in [0.4, 0.5) is 0 Å². The van der Waals surface area contributed by atoms with Crippen molar-refractivity contribution in [2.24, 2.45) is 0 Å². The van der Waals surface area contributed by atoms with Crippen molar-refractivity contribution in [3.8, 4) is 0 Å². The van der Waals surface area contributed by atoms with E-state index < -0.39 is 0 Å². The maximum atomic E-state index is 3.59.